The third kappa shape index (κ3) is 3.70. The molecule has 44 heavy (non-hydrogen) atoms. The Bertz CT molecular complexity index is 2600. The van der Waals surface area contributed by atoms with Gasteiger partial charge in [-0.05, 0) is 77.0 Å². The fourth-order valence-corrected chi connectivity index (χ4v) is 6.43. The summed E-state index contributed by atoms with van der Waals surface area (Å²) in [5.74, 6) is 0. The van der Waals surface area contributed by atoms with Crippen LogP contribution in [0.2, 0.25) is 0 Å². The SMILES string of the molecule is [C-]#[N+]c1cccc(-n2c3ccc([N+]#[C-])cc3c3cc(-c4ccccc4-n4c5ccccc5c5cc([N+]#[C-])ccc54)ccc32)c1. The van der Waals surface area contributed by atoms with Crippen LogP contribution in [0, 0.1) is 19.7 Å². The molecule has 0 unspecified atom stereocenters. The number of aromatic nitrogens is 2. The number of nitrogens with zero attached hydrogens (tertiary/aromatic N) is 5. The number of fused-ring (bicyclic) bond motifs is 6. The van der Waals surface area contributed by atoms with Gasteiger partial charge in [0, 0.05) is 22.0 Å². The molecule has 0 aliphatic carbocycles. The van der Waals surface area contributed by atoms with Crippen LogP contribution in [0.5, 0.6) is 0 Å². The molecule has 8 rings (SSSR count). The molecular weight excluding hydrogens is 538 g/mol. The van der Waals surface area contributed by atoms with Crippen LogP contribution in [-0.4, -0.2) is 9.13 Å². The molecular formula is C39H21N5. The average molecular weight is 560 g/mol. The maximum Gasteiger partial charge on any atom is 0.189 e. The third-order valence-corrected chi connectivity index (χ3v) is 8.34. The molecule has 0 radical (unpaired) electrons. The van der Waals surface area contributed by atoms with Crippen LogP contribution < -0.4 is 0 Å². The number of hydrogen-bond acceptors (Lipinski definition) is 0. The molecule has 0 fully saturated rings. The van der Waals surface area contributed by atoms with Crippen molar-refractivity contribution in [1.29, 1.82) is 0 Å². The van der Waals surface area contributed by atoms with E-state index in [1.807, 2.05) is 66.7 Å². The van der Waals surface area contributed by atoms with Gasteiger partial charge in [0.25, 0.3) is 0 Å². The summed E-state index contributed by atoms with van der Waals surface area (Å²) in [5.41, 5.74) is 9.99. The molecule has 2 aromatic heterocycles. The van der Waals surface area contributed by atoms with E-state index in [0.29, 0.717) is 17.1 Å². The summed E-state index contributed by atoms with van der Waals surface area (Å²) in [6.07, 6.45) is 0. The Morgan fingerprint density at radius 2 is 0.977 bits per heavy atom. The lowest BCUT2D eigenvalue weighted by molar-refractivity contribution is 1.18. The largest absolute Gasteiger partial charge is 0.311 e. The van der Waals surface area contributed by atoms with Crippen LogP contribution in [-0.2, 0) is 0 Å². The fourth-order valence-electron chi connectivity index (χ4n) is 6.43. The number of para-hydroxylation sites is 2. The van der Waals surface area contributed by atoms with Crippen molar-refractivity contribution in [3.8, 4) is 22.5 Å². The van der Waals surface area contributed by atoms with Crippen molar-refractivity contribution >= 4 is 60.7 Å². The number of hydrogen-bond donors (Lipinski definition) is 0. The highest BCUT2D eigenvalue weighted by molar-refractivity contribution is 6.13. The third-order valence-electron chi connectivity index (χ3n) is 8.34. The second kappa shape index (κ2) is 9.74. The zero-order valence-electron chi connectivity index (χ0n) is 23.4. The first-order valence-corrected chi connectivity index (χ1v) is 14.1. The van der Waals surface area contributed by atoms with Crippen molar-refractivity contribution in [1.82, 2.24) is 9.13 Å². The maximum absolute atomic E-state index is 7.66. The van der Waals surface area contributed by atoms with Gasteiger partial charge in [-0.3, -0.25) is 0 Å². The van der Waals surface area contributed by atoms with Gasteiger partial charge in [0.1, 0.15) is 0 Å². The summed E-state index contributed by atoms with van der Waals surface area (Å²) in [7, 11) is 0. The molecule has 6 aromatic carbocycles. The summed E-state index contributed by atoms with van der Waals surface area (Å²) >= 11 is 0. The predicted molar refractivity (Wildman–Crippen MR) is 179 cm³/mol. The first-order valence-electron chi connectivity index (χ1n) is 14.1. The number of benzene rings is 6. The molecule has 8 aromatic rings. The normalized spacial score (nSPS) is 11.1. The van der Waals surface area contributed by atoms with Crippen LogP contribution in [0.25, 0.3) is 80.6 Å². The van der Waals surface area contributed by atoms with Gasteiger partial charge in [0.15, 0.2) is 17.1 Å². The van der Waals surface area contributed by atoms with Crippen molar-refractivity contribution in [2.24, 2.45) is 0 Å². The first kappa shape index (κ1) is 25.1. The van der Waals surface area contributed by atoms with E-state index >= 15 is 0 Å². The van der Waals surface area contributed by atoms with E-state index in [-0.39, 0.29) is 0 Å². The van der Waals surface area contributed by atoms with Gasteiger partial charge in [-0.15, -0.1) is 0 Å². The van der Waals surface area contributed by atoms with Crippen LogP contribution in [0.1, 0.15) is 0 Å². The minimum atomic E-state index is 0.579. The zero-order valence-corrected chi connectivity index (χ0v) is 23.4. The zero-order chi connectivity index (χ0) is 29.8. The standard InChI is InChI=1S/C39H21N5/c1-40-26-9-8-10-29(22-26)43-37-18-15-25(21-32(37)34-24-28(42-3)16-19-38(34)43)30-11-4-6-13-35(30)44-36-14-7-5-12-31(36)33-23-27(41-2)17-20-39(33)44/h4-24H. The van der Waals surface area contributed by atoms with E-state index in [1.165, 1.54) is 0 Å². The van der Waals surface area contributed by atoms with E-state index in [4.69, 9.17) is 19.7 Å². The number of rotatable bonds is 3. The topological polar surface area (TPSA) is 22.9 Å². The first-order chi connectivity index (χ1) is 21.7. The lowest BCUT2D eigenvalue weighted by Gasteiger charge is -2.14. The summed E-state index contributed by atoms with van der Waals surface area (Å²) < 4.78 is 4.46. The minimum absolute atomic E-state index is 0.579. The van der Waals surface area contributed by atoms with E-state index in [2.05, 4.69) is 84.3 Å². The van der Waals surface area contributed by atoms with Crippen molar-refractivity contribution in [3.63, 3.8) is 0 Å². The Morgan fingerprint density at radius 1 is 0.409 bits per heavy atom. The molecule has 0 atom stereocenters. The van der Waals surface area contributed by atoms with Gasteiger partial charge < -0.3 is 9.13 Å². The smallest absolute Gasteiger partial charge is 0.189 e. The van der Waals surface area contributed by atoms with E-state index in [1.54, 1.807) is 0 Å². The molecule has 0 amide bonds. The van der Waals surface area contributed by atoms with Crippen molar-refractivity contribution in [2.75, 3.05) is 0 Å². The highest BCUT2D eigenvalue weighted by Crippen LogP contribution is 2.40. The molecule has 0 saturated carbocycles. The van der Waals surface area contributed by atoms with E-state index < -0.39 is 0 Å². The van der Waals surface area contributed by atoms with Crippen LogP contribution in [0.3, 0.4) is 0 Å². The second-order valence-electron chi connectivity index (χ2n) is 10.7. The second-order valence-corrected chi connectivity index (χ2v) is 10.7. The lowest BCUT2D eigenvalue weighted by Crippen LogP contribution is -1.97. The monoisotopic (exact) mass is 559 g/mol. The van der Waals surface area contributed by atoms with Crippen LogP contribution >= 0.6 is 0 Å². The van der Waals surface area contributed by atoms with Gasteiger partial charge in [-0.25, -0.2) is 14.5 Å². The Balaban J connectivity index is 1.41. The van der Waals surface area contributed by atoms with Crippen LogP contribution in [0.4, 0.5) is 17.1 Å². The average Bonchev–Trinajstić information content (AvgIpc) is 3.59. The Kier molecular flexibility index (Phi) is 5.56. The molecule has 2 heterocycles. The highest BCUT2D eigenvalue weighted by Gasteiger charge is 2.18. The van der Waals surface area contributed by atoms with Gasteiger partial charge in [-0.2, -0.15) is 0 Å². The van der Waals surface area contributed by atoms with Gasteiger partial charge in [0.2, 0.25) is 0 Å². The quantitative estimate of drug-likeness (QED) is 0.192. The van der Waals surface area contributed by atoms with Crippen LogP contribution in [0.15, 0.2) is 127 Å². The molecule has 0 N–H and O–H groups in total. The summed E-state index contributed by atoms with van der Waals surface area (Å²) in [5, 5.41) is 4.19. The Labute approximate surface area is 253 Å². The Morgan fingerprint density at radius 3 is 1.73 bits per heavy atom. The minimum Gasteiger partial charge on any atom is -0.311 e. The molecule has 0 aliphatic rings. The van der Waals surface area contributed by atoms with Crippen molar-refractivity contribution in [2.45, 2.75) is 0 Å². The molecule has 5 nitrogen and oxygen atoms in total. The predicted octanol–water partition coefficient (Wildman–Crippen LogP) is 11.2. The van der Waals surface area contributed by atoms with Gasteiger partial charge in [-0.1, -0.05) is 66.7 Å². The molecule has 202 valence electrons. The highest BCUT2D eigenvalue weighted by atomic mass is 15.0. The molecule has 0 bridgehead atoms. The van der Waals surface area contributed by atoms with Crippen molar-refractivity contribution < 1.29 is 0 Å². The van der Waals surface area contributed by atoms with Crippen molar-refractivity contribution in [3.05, 3.63) is 162 Å². The van der Waals surface area contributed by atoms with E-state index in [0.717, 1.165) is 66.1 Å². The lowest BCUT2D eigenvalue weighted by atomic mass is 10.0. The Hall–Kier alpha value is -6.61. The van der Waals surface area contributed by atoms with Gasteiger partial charge >= 0.3 is 0 Å². The van der Waals surface area contributed by atoms with E-state index in [9.17, 15) is 0 Å². The summed E-state index contributed by atoms with van der Waals surface area (Å²) in [6, 6.07) is 42.6. The maximum atomic E-state index is 7.66. The fraction of sp³-hybridized carbons (Fsp3) is 0. The molecule has 0 saturated heterocycles. The van der Waals surface area contributed by atoms with Gasteiger partial charge in [0.05, 0.1) is 47.5 Å². The molecule has 0 spiro atoms. The molecule has 0 aliphatic heterocycles. The molecule has 5 heteroatoms. The summed E-state index contributed by atoms with van der Waals surface area (Å²) in [4.78, 5) is 11.0. The summed E-state index contributed by atoms with van der Waals surface area (Å²) in [6.45, 7) is 22.8.